The smallest absolute Gasteiger partial charge is 0.315 e. The van der Waals surface area contributed by atoms with Gasteiger partial charge in [-0.2, -0.15) is 4.98 Å². The van der Waals surface area contributed by atoms with Gasteiger partial charge in [0.05, 0.1) is 41.4 Å². The van der Waals surface area contributed by atoms with Gasteiger partial charge in [0, 0.05) is 60.7 Å². The first-order valence-electron chi connectivity index (χ1n) is 20.1. The molecular weight excluding hydrogens is 749 g/mol. The van der Waals surface area contributed by atoms with E-state index in [0.29, 0.717) is 37.0 Å². The van der Waals surface area contributed by atoms with E-state index in [1.54, 1.807) is 13.4 Å². The number of fused-ring (bicyclic) bond motifs is 3. The summed E-state index contributed by atoms with van der Waals surface area (Å²) < 4.78 is 11.1. The molecule has 59 heavy (non-hydrogen) atoms. The second kappa shape index (κ2) is 16.1. The Morgan fingerprint density at radius 2 is 1.92 bits per heavy atom. The minimum Gasteiger partial charge on any atom is -0.495 e. The van der Waals surface area contributed by atoms with Crippen LogP contribution in [0.25, 0.3) is 33.2 Å². The van der Waals surface area contributed by atoms with E-state index < -0.39 is 5.91 Å². The minimum absolute atomic E-state index is 0.0605. The predicted molar refractivity (Wildman–Crippen MR) is 226 cm³/mol. The molecule has 15 nitrogen and oxygen atoms in total. The molecule has 3 atom stereocenters. The van der Waals surface area contributed by atoms with Crippen molar-refractivity contribution >= 4 is 51.0 Å². The molecule has 3 aromatic carbocycles. The van der Waals surface area contributed by atoms with E-state index in [2.05, 4.69) is 70.5 Å². The zero-order chi connectivity index (χ0) is 41.4. The highest BCUT2D eigenvalue weighted by Crippen LogP contribution is 2.38. The Bertz CT molecular complexity index is 2560. The highest BCUT2D eigenvalue weighted by atomic mass is 16.5. The van der Waals surface area contributed by atoms with Gasteiger partial charge >= 0.3 is 11.8 Å². The summed E-state index contributed by atoms with van der Waals surface area (Å²) >= 11 is 0. The van der Waals surface area contributed by atoms with E-state index in [-0.39, 0.29) is 35.1 Å². The molecule has 3 amide bonds. The number of benzene rings is 3. The number of amides is 3. The van der Waals surface area contributed by atoms with E-state index in [0.717, 1.165) is 87.3 Å². The number of nitrogens with one attached hydrogen (secondary N) is 5. The van der Waals surface area contributed by atoms with Crippen LogP contribution in [0.4, 0.5) is 11.4 Å². The number of rotatable bonds is 12. The third kappa shape index (κ3) is 8.19. The molecule has 306 valence electrons. The van der Waals surface area contributed by atoms with Gasteiger partial charge in [-0.05, 0) is 73.7 Å². The van der Waals surface area contributed by atoms with Gasteiger partial charge in [-0.25, -0.2) is 9.97 Å². The number of hydrogen-bond acceptors (Lipinski definition) is 12. The first-order valence-corrected chi connectivity index (χ1v) is 20.1. The maximum atomic E-state index is 13.0. The lowest BCUT2D eigenvalue weighted by Crippen LogP contribution is -2.39. The van der Waals surface area contributed by atoms with Crippen LogP contribution in [0, 0.1) is 6.92 Å². The fourth-order valence-electron chi connectivity index (χ4n) is 8.13. The molecule has 2 aliphatic rings. The summed E-state index contributed by atoms with van der Waals surface area (Å²) in [5.41, 5.74) is 7.86. The molecular formula is C44H50N10O5. The Hall–Kier alpha value is -6.35. The molecule has 2 unspecified atom stereocenters. The maximum Gasteiger partial charge on any atom is 0.315 e. The number of H-pyrrole nitrogens is 1. The topological polar surface area (TPSA) is 192 Å². The van der Waals surface area contributed by atoms with Crippen molar-refractivity contribution in [1.82, 2.24) is 41.0 Å². The van der Waals surface area contributed by atoms with Crippen LogP contribution in [-0.4, -0.2) is 82.1 Å². The van der Waals surface area contributed by atoms with Crippen LogP contribution in [0.5, 0.6) is 5.75 Å². The maximum absolute atomic E-state index is 13.0. The van der Waals surface area contributed by atoms with Gasteiger partial charge in [0.1, 0.15) is 17.7 Å². The first kappa shape index (κ1) is 39.5. The number of hydrogen-bond donors (Lipinski definition) is 5. The molecule has 6 aromatic rings. The summed E-state index contributed by atoms with van der Waals surface area (Å²) in [5.74, 6) is 0.000847. The molecule has 0 bridgehead atoms. The van der Waals surface area contributed by atoms with Gasteiger partial charge in [-0.15, -0.1) is 0 Å². The van der Waals surface area contributed by atoms with E-state index >= 15 is 0 Å². The lowest BCUT2D eigenvalue weighted by Gasteiger charge is -2.24. The van der Waals surface area contributed by atoms with Gasteiger partial charge in [0.2, 0.25) is 11.8 Å². The largest absolute Gasteiger partial charge is 0.495 e. The SMILES string of the molecule is COc1cc2c(cc1NCCNC1CCN(c3cccc(C4CCC(=O)NC4=O)c3)C1)[nH]c1ncnc(-c3ccc([C@@H](C)NC(=O)c4nc(C(C)(C)C)no4)c(C)c3)c12. The number of imide groups is 1. The van der Waals surface area contributed by atoms with Crippen molar-refractivity contribution in [2.24, 2.45) is 0 Å². The van der Waals surface area contributed by atoms with Crippen molar-refractivity contribution in [1.29, 1.82) is 0 Å². The number of piperidine rings is 1. The van der Waals surface area contributed by atoms with Crippen LogP contribution < -0.4 is 30.9 Å². The summed E-state index contributed by atoms with van der Waals surface area (Å²) in [6.07, 6.45) is 3.48. The van der Waals surface area contributed by atoms with Crippen molar-refractivity contribution in [3.63, 3.8) is 0 Å². The van der Waals surface area contributed by atoms with Gasteiger partial charge in [0.15, 0.2) is 5.82 Å². The highest BCUT2D eigenvalue weighted by molar-refractivity contribution is 6.13. The van der Waals surface area contributed by atoms with Crippen molar-refractivity contribution < 1.29 is 23.6 Å². The lowest BCUT2D eigenvalue weighted by molar-refractivity contribution is -0.134. The monoisotopic (exact) mass is 798 g/mol. The van der Waals surface area contributed by atoms with E-state index in [9.17, 15) is 14.4 Å². The zero-order valence-corrected chi connectivity index (χ0v) is 34.2. The Kier molecular flexibility index (Phi) is 10.8. The third-order valence-corrected chi connectivity index (χ3v) is 11.3. The van der Waals surface area contributed by atoms with Crippen LogP contribution >= 0.6 is 0 Å². The predicted octanol–water partition coefficient (Wildman–Crippen LogP) is 6.07. The molecule has 2 aliphatic heterocycles. The Labute approximate surface area is 342 Å². The van der Waals surface area contributed by atoms with Gasteiger partial charge in [-0.1, -0.05) is 50.2 Å². The molecule has 2 saturated heterocycles. The van der Waals surface area contributed by atoms with Gasteiger partial charge in [-0.3, -0.25) is 19.7 Å². The Balaban J connectivity index is 0.912. The highest BCUT2D eigenvalue weighted by Gasteiger charge is 2.30. The second-order valence-electron chi connectivity index (χ2n) is 16.5. The van der Waals surface area contributed by atoms with Crippen LogP contribution in [0.1, 0.15) is 92.1 Å². The molecule has 8 rings (SSSR count). The number of aryl methyl sites for hydroxylation is 1. The number of nitrogens with zero attached hydrogens (tertiary/aromatic N) is 5. The quantitative estimate of drug-likeness (QED) is 0.0711. The molecule has 0 spiro atoms. The van der Waals surface area contributed by atoms with Crippen LogP contribution in [-0.2, 0) is 15.0 Å². The van der Waals surface area contributed by atoms with Crippen molar-refractivity contribution in [3.05, 3.63) is 89.3 Å². The summed E-state index contributed by atoms with van der Waals surface area (Å²) in [5, 5.41) is 18.5. The van der Waals surface area contributed by atoms with Gasteiger partial charge in [0.25, 0.3) is 0 Å². The fourth-order valence-corrected chi connectivity index (χ4v) is 8.13. The van der Waals surface area contributed by atoms with Crippen molar-refractivity contribution in [3.8, 4) is 17.0 Å². The number of methoxy groups -OCH3 is 1. The third-order valence-electron chi connectivity index (χ3n) is 11.3. The average molecular weight is 799 g/mol. The molecule has 5 heterocycles. The molecule has 0 aliphatic carbocycles. The number of anilines is 2. The number of aromatic amines is 1. The average Bonchev–Trinajstić information content (AvgIpc) is 3.98. The fraction of sp³-hybridized carbons (Fsp3) is 0.386. The first-order chi connectivity index (χ1) is 28.4. The van der Waals surface area contributed by atoms with E-state index in [1.165, 1.54) is 0 Å². The molecule has 3 aromatic heterocycles. The molecule has 0 saturated carbocycles. The summed E-state index contributed by atoms with van der Waals surface area (Å²) in [7, 11) is 1.67. The van der Waals surface area contributed by atoms with Crippen LogP contribution in [0.15, 0.2) is 65.4 Å². The number of aromatic nitrogens is 5. The van der Waals surface area contributed by atoms with Crippen molar-refractivity contribution in [2.45, 2.75) is 77.3 Å². The second-order valence-corrected chi connectivity index (χ2v) is 16.5. The standard InChI is InChI=1S/C44H50N10O5/c1-24-18-27(10-11-30(24)25(2)49-41(57)42-52-43(53-59-42)44(3,4)5)38-37-32-20-35(58-6)34(21-33(32)50-39(37)48-23-47-38)46-16-15-45-28-14-17-54(22-28)29-9-7-8-26(19-29)31-12-13-36(55)51-40(31)56/h7-11,18-21,23,25,28,31,45-46H,12-17,22H2,1-6H3,(H,49,57)(H,47,48,50)(H,51,55,56)/t25-,28?,31?/m1/s1. The van der Waals surface area contributed by atoms with E-state index in [1.807, 2.05) is 65.0 Å². The summed E-state index contributed by atoms with van der Waals surface area (Å²) in [6, 6.07) is 18.3. The number of carbonyl (C=O) groups is 3. The summed E-state index contributed by atoms with van der Waals surface area (Å²) in [4.78, 5) is 56.5. The molecule has 15 heteroatoms. The molecule has 5 N–H and O–H groups in total. The van der Waals surface area contributed by atoms with Gasteiger partial charge < -0.3 is 35.1 Å². The molecule has 0 radical (unpaired) electrons. The Morgan fingerprint density at radius 1 is 1.07 bits per heavy atom. The van der Waals surface area contributed by atoms with Crippen LogP contribution in [0.2, 0.25) is 0 Å². The van der Waals surface area contributed by atoms with Crippen LogP contribution in [0.3, 0.4) is 0 Å². The Morgan fingerprint density at radius 3 is 2.68 bits per heavy atom. The van der Waals surface area contributed by atoms with Crippen molar-refractivity contribution in [2.75, 3.05) is 43.5 Å². The zero-order valence-electron chi connectivity index (χ0n) is 34.2. The van der Waals surface area contributed by atoms with E-state index in [4.69, 9.17) is 14.2 Å². The normalized spacial score (nSPS) is 17.7. The number of ether oxygens (including phenoxy) is 1. The lowest BCUT2D eigenvalue weighted by atomic mass is 9.90. The molecule has 2 fully saturated rings. The minimum atomic E-state index is -0.423. The summed E-state index contributed by atoms with van der Waals surface area (Å²) in [6.45, 7) is 13.1. The number of carbonyl (C=O) groups excluding carboxylic acids is 3.